The summed E-state index contributed by atoms with van der Waals surface area (Å²) in [6, 6.07) is 0. The van der Waals surface area contributed by atoms with E-state index in [1.165, 1.54) is 0 Å². The van der Waals surface area contributed by atoms with E-state index in [1.807, 2.05) is 13.8 Å². The number of hydrogen-bond acceptors (Lipinski definition) is 4. The maximum Gasteiger partial charge on any atom is 0.234 e. The number of carbonyl (C=O) groups excluding carboxylic acids is 1. The van der Waals surface area contributed by atoms with Gasteiger partial charge in [0, 0.05) is 19.6 Å². The number of carbonyl (C=O) groups is 1. The molecule has 0 radical (unpaired) electrons. The highest BCUT2D eigenvalue weighted by molar-refractivity contribution is 5.77. The largest absolute Gasteiger partial charge is 0.395 e. The van der Waals surface area contributed by atoms with Gasteiger partial charge >= 0.3 is 0 Å². The second-order valence-corrected chi connectivity index (χ2v) is 4.02. The highest BCUT2D eigenvalue weighted by atomic mass is 16.5. The van der Waals surface area contributed by atoms with Gasteiger partial charge in [0.1, 0.15) is 0 Å². The van der Waals surface area contributed by atoms with E-state index < -0.39 is 0 Å². The van der Waals surface area contributed by atoms with Gasteiger partial charge in [-0.2, -0.15) is 0 Å². The summed E-state index contributed by atoms with van der Waals surface area (Å²) in [6.45, 7) is 6.30. The standard InChI is InChI=1S/C10H20N2O3/c1-8-5-12(6-9(2)15-8)7-10(14)11-3-4-13/h8-9,13H,3-7H2,1-2H3,(H,11,14). The molecule has 5 heteroatoms. The van der Waals surface area contributed by atoms with Crippen molar-refractivity contribution in [3.05, 3.63) is 0 Å². The molecule has 2 unspecified atom stereocenters. The Bertz CT molecular complexity index is 201. The Morgan fingerprint density at radius 1 is 1.47 bits per heavy atom. The molecule has 0 aromatic heterocycles. The average molecular weight is 216 g/mol. The monoisotopic (exact) mass is 216 g/mol. The molecular weight excluding hydrogens is 196 g/mol. The number of rotatable bonds is 4. The molecule has 0 spiro atoms. The normalized spacial score (nSPS) is 27.7. The van der Waals surface area contributed by atoms with E-state index in [-0.39, 0.29) is 24.7 Å². The van der Waals surface area contributed by atoms with Crippen molar-refractivity contribution in [2.75, 3.05) is 32.8 Å². The first-order chi connectivity index (χ1) is 7.11. The summed E-state index contributed by atoms with van der Waals surface area (Å²) < 4.78 is 5.57. The van der Waals surface area contributed by atoms with Gasteiger partial charge in [-0.25, -0.2) is 0 Å². The van der Waals surface area contributed by atoms with Crippen LogP contribution in [0.4, 0.5) is 0 Å². The van der Waals surface area contributed by atoms with Gasteiger partial charge in [-0.3, -0.25) is 9.69 Å². The fourth-order valence-corrected chi connectivity index (χ4v) is 1.87. The van der Waals surface area contributed by atoms with E-state index in [4.69, 9.17) is 9.84 Å². The van der Waals surface area contributed by atoms with Gasteiger partial charge in [0.05, 0.1) is 25.4 Å². The number of ether oxygens (including phenoxy) is 1. The van der Waals surface area contributed by atoms with Crippen LogP contribution in [0.1, 0.15) is 13.8 Å². The zero-order valence-corrected chi connectivity index (χ0v) is 9.40. The molecule has 88 valence electrons. The summed E-state index contributed by atoms with van der Waals surface area (Å²) >= 11 is 0. The first kappa shape index (κ1) is 12.4. The molecule has 15 heavy (non-hydrogen) atoms. The SMILES string of the molecule is CC1CN(CC(=O)NCCO)CC(C)O1. The van der Waals surface area contributed by atoms with Crippen LogP contribution in [0.5, 0.6) is 0 Å². The lowest BCUT2D eigenvalue weighted by molar-refractivity contribution is -0.126. The maximum absolute atomic E-state index is 11.4. The summed E-state index contributed by atoms with van der Waals surface area (Å²) in [6.07, 6.45) is 0.360. The average Bonchev–Trinajstić information content (AvgIpc) is 2.13. The Morgan fingerprint density at radius 2 is 2.07 bits per heavy atom. The predicted octanol–water partition coefficient (Wildman–Crippen LogP) is -0.796. The van der Waals surface area contributed by atoms with Crippen LogP contribution in [0, 0.1) is 0 Å². The Morgan fingerprint density at radius 3 is 2.60 bits per heavy atom. The van der Waals surface area contributed by atoms with Crippen LogP contribution >= 0.6 is 0 Å². The number of morpholine rings is 1. The van der Waals surface area contributed by atoms with Crippen LogP contribution < -0.4 is 5.32 Å². The Hall–Kier alpha value is -0.650. The van der Waals surface area contributed by atoms with E-state index in [0.29, 0.717) is 13.1 Å². The van der Waals surface area contributed by atoms with Crippen molar-refractivity contribution in [2.24, 2.45) is 0 Å². The molecule has 1 aliphatic heterocycles. The molecule has 1 amide bonds. The summed E-state index contributed by atoms with van der Waals surface area (Å²) in [7, 11) is 0. The van der Waals surface area contributed by atoms with Crippen molar-refractivity contribution in [1.29, 1.82) is 0 Å². The molecule has 0 bridgehead atoms. The van der Waals surface area contributed by atoms with E-state index in [9.17, 15) is 4.79 Å². The molecule has 0 aromatic rings. The molecular formula is C10H20N2O3. The highest BCUT2D eigenvalue weighted by Gasteiger charge is 2.23. The second-order valence-electron chi connectivity index (χ2n) is 4.02. The fourth-order valence-electron chi connectivity index (χ4n) is 1.87. The lowest BCUT2D eigenvalue weighted by Crippen LogP contribution is -2.49. The first-order valence-electron chi connectivity index (χ1n) is 5.37. The van der Waals surface area contributed by atoms with Crippen molar-refractivity contribution in [3.63, 3.8) is 0 Å². The van der Waals surface area contributed by atoms with Gasteiger partial charge < -0.3 is 15.2 Å². The summed E-state index contributed by atoms with van der Waals surface area (Å²) in [5.74, 6) is -0.0367. The van der Waals surface area contributed by atoms with Crippen LogP contribution in [-0.4, -0.2) is 60.9 Å². The molecule has 1 rings (SSSR count). The molecule has 1 aliphatic rings. The molecule has 0 aromatic carbocycles. The number of nitrogens with one attached hydrogen (secondary N) is 1. The van der Waals surface area contributed by atoms with Gasteiger partial charge in [-0.05, 0) is 13.8 Å². The first-order valence-corrected chi connectivity index (χ1v) is 5.37. The van der Waals surface area contributed by atoms with Crippen molar-refractivity contribution < 1.29 is 14.6 Å². The van der Waals surface area contributed by atoms with E-state index >= 15 is 0 Å². The quantitative estimate of drug-likeness (QED) is 0.646. The molecule has 1 fully saturated rings. The van der Waals surface area contributed by atoms with E-state index in [2.05, 4.69) is 10.2 Å². The van der Waals surface area contributed by atoms with Crippen LogP contribution in [-0.2, 0) is 9.53 Å². The lowest BCUT2D eigenvalue weighted by Gasteiger charge is -2.34. The van der Waals surface area contributed by atoms with Gasteiger partial charge in [0.2, 0.25) is 5.91 Å². The van der Waals surface area contributed by atoms with Crippen LogP contribution in [0.2, 0.25) is 0 Å². The minimum atomic E-state index is -0.0367. The third-order valence-electron chi connectivity index (χ3n) is 2.30. The van der Waals surface area contributed by atoms with Crippen molar-refractivity contribution in [1.82, 2.24) is 10.2 Å². The third-order valence-corrected chi connectivity index (χ3v) is 2.30. The Kier molecular flexibility index (Phi) is 5.01. The Balaban J connectivity index is 2.27. The van der Waals surface area contributed by atoms with Crippen molar-refractivity contribution >= 4 is 5.91 Å². The maximum atomic E-state index is 11.4. The van der Waals surface area contributed by atoms with E-state index in [1.54, 1.807) is 0 Å². The summed E-state index contributed by atoms with van der Waals surface area (Å²) in [4.78, 5) is 13.5. The van der Waals surface area contributed by atoms with Gasteiger partial charge in [0.15, 0.2) is 0 Å². The van der Waals surface area contributed by atoms with Crippen molar-refractivity contribution in [2.45, 2.75) is 26.1 Å². The molecule has 2 N–H and O–H groups in total. The third kappa shape index (κ3) is 4.59. The molecule has 0 saturated carbocycles. The highest BCUT2D eigenvalue weighted by Crippen LogP contribution is 2.09. The number of aliphatic hydroxyl groups is 1. The zero-order valence-electron chi connectivity index (χ0n) is 9.40. The van der Waals surface area contributed by atoms with Crippen LogP contribution in [0.3, 0.4) is 0 Å². The molecule has 5 nitrogen and oxygen atoms in total. The zero-order chi connectivity index (χ0) is 11.3. The molecule has 1 saturated heterocycles. The number of nitrogens with zero attached hydrogens (tertiary/aromatic N) is 1. The number of amides is 1. The van der Waals surface area contributed by atoms with Crippen molar-refractivity contribution in [3.8, 4) is 0 Å². The molecule has 2 atom stereocenters. The summed E-state index contributed by atoms with van der Waals surface area (Å²) in [5.41, 5.74) is 0. The van der Waals surface area contributed by atoms with Gasteiger partial charge in [0.25, 0.3) is 0 Å². The predicted molar refractivity (Wildman–Crippen MR) is 56.5 cm³/mol. The fraction of sp³-hybridized carbons (Fsp3) is 0.900. The molecule has 1 heterocycles. The van der Waals surface area contributed by atoms with Crippen LogP contribution in [0.25, 0.3) is 0 Å². The second kappa shape index (κ2) is 6.05. The minimum absolute atomic E-state index is 0.0122. The van der Waals surface area contributed by atoms with E-state index in [0.717, 1.165) is 13.1 Å². The Labute approximate surface area is 90.4 Å². The number of hydrogen-bond donors (Lipinski definition) is 2. The summed E-state index contributed by atoms with van der Waals surface area (Å²) in [5, 5.41) is 11.2. The van der Waals surface area contributed by atoms with Gasteiger partial charge in [-0.15, -0.1) is 0 Å². The van der Waals surface area contributed by atoms with Gasteiger partial charge in [-0.1, -0.05) is 0 Å². The number of aliphatic hydroxyl groups excluding tert-OH is 1. The minimum Gasteiger partial charge on any atom is -0.395 e. The van der Waals surface area contributed by atoms with Crippen LogP contribution in [0.15, 0.2) is 0 Å². The molecule has 0 aliphatic carbocycles. The lowest BCUT2D eigenvalue weighted by atomic mass is 10.2. The topological polar surface area (TPSA) is 61.8 Å². The smallest absolute Gasteiger partial charge is 0.234 e.